The van der Waals surface area contributed by atoms with Gasteiger partial charge in [-0.3, -0.25) is 9.59 Å². The first kappa shape index (κ1) is 19.5. The first-order valence-corrected chi connectivity index (χ1v) is 8.98. The number of nitrogens with zero attached hydrogens (tertiary/aromatic N) is 1. The number of ether oxygens (including phenoxy) is 1. The molecule has 0 saturated carbocycles. The lowest BCUT2D eigenvalue weighted by molar-refractivity contribution is -0.114. The van der Waals surface area contributed by atoms with Crippen LogP contribution >= 0.6 is 15.9 Å². The van der Waals surface area contributed by atoms with Crippen molar-refractivity contribution in [2.45, 2.75) is 6.92 Å². The van der Waals surface area contributed by atoms with Gasteiger partial charge in [-0.2, -0.15) is 0 Å². The molecule has 0 unspecified atom stereocenters. The first-order chi connectivity index (χ1) is 13.4. The summed E-state index contributed by atoms with van der Waals surface area (Å²) in [5.74, 6) is -0.487. The van der Waals surface area contributed by atoms with Crippen LogP contribution in [0.2, 0.25) is 0 Å². The molecule has 2 aromatic carbocycles. The highest BCUT2D eigenvalue weighted by molar-refractivity contribution is 9.10. The van der Waals surface area contributed by atoms with Crippen molar-refractivity contribution in [3.05, 3.63) is 76.6 Å². The fourth-order valence-electron chi connectivity index (χ4n) is 2.32. The molecular weight excluding hydrogens is 429 g/mol. The van der Waals surface area contributed by atoms with Gasteiger partial charge in [0.1, 0.15) is 11.6 Å². The molecule has 0 atom stereocenters. The van der Waals surface area contributed by atoms with Crippen LogP contribution < -0.4 is 15.4 Å². The van der Waals surface area contributed by atoms with E-state index >= 15 is 0 Å². The van der Waals surface area contributed by atoms with E-state index in [4.69, 9.17) is 4.74 Å². The second-order valence-corrected chi connectivity index (χ2v) is 6.69. The summed E-state index contributed by atoms with van der Waals surface area (Å²) < 4.78 is 20.2. The minimum Gasteiger partial charge on any atom is -0.439 e. The van der Waals surface area contributed by atoms with Crippen LogP contribution in [0.1, 0.15) is 17.3 Å². The van der Waals surface area contributed by atoms with Gasteiger partial charge < -0.3 is 15.4 Å². The van der Waals surface area contributed by atoms with Gasteiger partial charge in [-0.15, -0.1) is 0 Å². The highest BCUT2D eigenvalue weighted by Gasteiger charge is 2.10. The van der Waals surface area contributed by atoms with Gasteiger partial charge in [0.2, 0.25) is 11.8 Å². The van der Waals surface area contributed by atoms with Crippen molar-refractivity contribution < 1.29 is 18.7 Å². The van der Waals surface area contributed by atoms with Crippen LogP contribution in [0.4, 0.5) is 15.8 Å². The summed E-state index contributed by atoms with van der Waals surface area (Å²) in [6.45, 7) is 1.27. The van der Waals surface area contributed by atoms with Gasteiger partial charge in [-0.1, -0.05) is 22.0 Å². The maximum atomic E-state index is 13.7. The monoisotopic (exact) mass is 443 g/mol. The zero-order valence-corrected chi connectivity index (χ0v) is 16.3. The summed E-state index contributed by atoms with van der Waals surface area (Å²) in [7, 11) is 0. The van der Waals surface area contributed by atoms with Crippen LogP contribution in [0.3, 0.4) is 0 Å². The number of rotatable bonds is 5. The van der Waals surface area contributed by atoms with E-state index in [0.29, 0.717) is 22.9 Å². The summed E-state index contributed by atoms with van der Waals surface area (Å²) in [4.78, 5) is 27.6. The summed E-state index contributed by atoms with van der Waals surface area (Å²) in [5.41, 5.74) is 0.623. The minimum absolute atomic E-state index is 0.0128. The summed E-state index contributed by atoms with van der Waals surface area (Å²) in [6, 6.07) is 14.3. The third-order valence-electron chi connectivity index (χ3n) is 3.55. The lowest BCUT2D eigenvalue weighted by Crippen LogP contribution is -2.13. The molecule has 6 nitrogen and oxygen atoms in total. The Labute approximate surface area is 168 Å². The van der Waals surface area contributed by atoms with Crippen LogP contribution in [0, 0.1) is 5.82 Å². The molecule has 1 heterocycles. The highest BCUT2D eigenvalue weighted by Crippen LogP contribution is 2.24. The molecule has 0 aliphatic heterocycles. The smallest absolute Gasteiger partial charge is 0.257 e. The van der Waals surface area contributed by atoms with Gasteiger partial charge in [0.15, 0.2) is 0 Å². The molecule has 142 valence electrons. The molecule has 0 aliphatic carbocycles. The summed E-state index contributed by atoms with van der Waals surface area (Å²) in [6.07, 6.45) is 1.38. The van der Waals surface area contributed by atoms with Crippen molar-refractivity contribution >= 4 is 39.1 Å². The van der Waals surface area contributed by atoms with E-state index in [9.17, 15) is 14.0 Å². The Bertz CT molecular complexity index is 1030. The fourth-order valence-corrected chi connectivity index (χ4v) is 2.70. The molecule has 0 bridgehead atoms. The van der Waals surface area contributed by atoms with E-state index in [-0.39, 0.29) is 5.69 Å². The standard InChI is InChI=1S/C20H15BrFN3O3/c1-12(26)24-18-10-15(6-7-17(18)22)25-20(27)13-5-8-19(23-11-13)28-16-4-2-3-14(21)9-16/h2-11H,1H3,(H,24,26)(H,25,27). The van der Waals surface area contributed by atoms with E-state index in [1.807, 2.05) is 12.1 Å². The second kappa shape index (κ2) is 8.62. The molecule has 3 aromatic rings. The molecule has 8 heteroatoms. The summed E-state index contributed by atoms with van der Waals surface area (Å²) >= 11 is 3.36. The van der Waals surface area contributed by atoms with E-state index < -0.39 is 17.6 Å². The maximum absolute atomic E-state index is 13.7. The number of halogens is 2. The minimum atomic E-state index is -0.594. The van der Waals surface area contributed by atoms with E-state index in [1.165, 1.54) is 25.3 Å². The van der Waals surface area contributed by atoms with Crippen molar-refractivity contribution in [3.8, 4) is 11.6 Å². The number of carbonyl (C=O) groups excluding carboxylic acids is 2. The van der Waals surface area contributed by atoms with Crippen LogP contribution in [-0.4, -0.2) is 16.8 Å². The predicted molar refractivity (Wildman–Crippen MR) is 107 cm³/mol. The number of pyridine rings is 1. The number of benzene rings is 2. The largest absolute Gasteiger partial charge is 0.439 e. The highest BCUT2D eigenvalue weighted by atomic mass is 79.9. The van der Waals surface area contributed by atoms with Crippen LogP contribution in [0.5, 0.6) is 11.6 Å². The fraction of sp³-hybridized carbons (Fsp3) is 0.0500. The van der Waals surface area contributed by atoms with Gasteiger partial charge in [-0.25, -0.2) is 9.37 Å². The molecule has 0 spiro atoms. The Morgan fingerprint density at radius 2 is 1.89 bits per heavy atom. The third-order valence-corrected chi connectivity index (χ3v) is 4.05. The first-order valence-electron chi connectivity index (χ1n) is 8.19. The topological polar surface area (TPSA) is 80.3 Å². The molecule has 0 radical (unpaired) electrons. The van der Waals surface area contributed by atoms with E-state index in [0.717, 1.165) is 10.5 Å². The zero-order valence-electron chi connectivity index (χ0n) is 14.7. The van der Waals surface area contributed by atoms with Crippen molar-refractivity contribution in [1.29, 1.82) is 0 Å². The van der Waals surface area contributed by atoms with Crippen molar-refractivity contribution in [3.63, 3.8) is 0 Å². The Balaban J connectivity index is 1.69. The number of carbonyl (C=O) groups is 2. The molecule has 2 N–H and O–H groups in total. The molecule has 2 amide bonds. The lowest BCUT2D eigenvalue weighted by Gasteiger charge is -2.09. The normalized spacial score (nSPS) is 10.2. The average molecular weight is 444 g/mol. The quantitative estimate of drug-likeness (QED) is 0.582. The van der Waals surface area contributed by atoms with Crippen molar-refractivity contribution in [2.24, 2.45) is 0 Å². The molecule has 3 rings (SSSR count). The van der Waals surface area contributed by atoms with Gasteiger partial charge in [0.25, 0.3) is 5.91 Å². The average Bonchev–Trinajstić information content (AvgIpc) is 2.64. The van der Waals surface area contributed by atoms with Crippen LogP contribution in [-0.2, 0) is 4.79 Å². The SMILES string of the molecule is CC(=O)Nc1cc(NC(=O)c2ccc(Oc3cccc(Br)c3)nc2)ccc1F. The van der Waals surface area contributed by atoms with Crippen LogP contribution in [0.15, 0.2) is 65.3 Å². The number of hydrogen-bond acceptors (Lipinski definition) is 4. The molecule has 28 heavy (non-hydrogen) atoms. The number of anilines is 2. The second-order valence-electron chi connectivity index (χ2n) is 5.77. The van der Waals surface area contributed by atoms with Crippen molar-refractivity contribution in [2.75, 3.05) is 10.6 Å². The Morgan fingerprint density at radius 1 is 1.07 bits per heavy atom. The molecule has 0 saturated heterocycles. The van der Waals surface area contributed by atoms with Gasteiger partial charge in [0.05, 0.1) is 11.3 Å². The molecule has 1 aromatic heterocycles. The Morgan fingerprint density at radius 3 is 2.57 bits per heavy atom. The Hall–Kier alpha value is -3.26. The zero-order chi connectivity index (χ0) is 20.1. The number of aromatic nitrogens is 1. The molecule has 0 aliphatic rings. The Kier molecular flexibility index (Phi) is 6.00. The van der Waals surface area contributed by atoms with E-state index in [2.05, 4.69) is 31.5 Å². The number of hydrogen-bond donors (Lipinski definition) is 2. The lowest BCUT2D eigenvalue weighted by atomic mass is 10.2. The van der Waals surface area contributed by atoms with Crippen LogP contribution in [0.25, 0.3) is 0 Å². The number of nitrogens with one attached hydrogen (secondary N) is 2. The molecular formula is C20H15BrFN3O3. The number of amides is 2. The third kappa shape index (κ3) is 5.14. The predicted octanol–water partition coefficient (Wildman–Crippen LogP) is 4.99. The van der Waals surface area contributed by atoms with Crippen molar-refractivity contribution in [1.82, 2.24) is 4.98 Å². The van der Waals surface area contributed by atoms with E-state index in [1.54, 1.807) is 24.3 Å². The molecule has 0 fully saturated rings. The van der Waals surface area contributed by atoms with Gasteiger partial charge in [0, 0.05) is 29.3 Å². The van der Waals surface area contributed by atoms with Gasteiger partial charge >= 0.3 is 0 Å². The maximum Gasteiger partial charge on any atom is 0.257 e. The summed E-state index contributed by atoms with van der Waals surface area (Å²) in [5, 5.41) is 5.00. The van der Waals surface area contributed by atoms with Gasteiger partial charge in [-0.05, 0) is 42.5 Å².